The first-order valence-corrected chi connectivity index (χ1v) is 6.44. The molecule has 0 aliphatic heterocycles. The van der Waals surface area contributed by atoms with Gasteiger partial charge in [-0.2, -0.15) is 8.78 Å². The molecule has 4 nitrogen and oxygen atoms in total. The van der Waals surface area contributed by atoms with Crippen molar-refractivity contribution in [2.24, 2.45) is 5.92 Å². The van der Waals surface area contributed by atoms with Crippen molar-refractivity contribution >= 4 is 5.91 Å². The molecule has 1 amide bonds. The minimum atomic E-state index is -2.85. The van der Waals surface area contributed by atoms with Crippen LogP contribution in [0.2, 0.25) is 0 Å². The SMILES string of the molecule is CC(O)(C(=O)NCc1ccc(OC(F)F)cc1)C1CC1. The summed E-state index contributed by atoms with van der Waals surface area (Å²) in [4.78, 5) is 11.8. The monoisotopic (exact) mass is 285 g/mol. The summed E-state index contributed by atoms with van der Waals surface area (Å²) in [7, 11) is 0. The summed E-state index contributed by atoms with van der Waals surface area (Å²) in [6, 6.07) is 5.99. The lowest BCUT2D eigenvalue weighted by Gasteiger charge is -2.21. The van der Waals surface area contributed by atoms with Gasteiger partial charge in [0.05, 0.1) is 0 Å². The van der Waals surface area contributed by atoms with Crippen molar-refractivity contribution in [2.45, 2.75) is 38.5 Å². The second kappa shape index (κ2) is 5.75. The minimum absolute atomic E-state index is 0.0318. The van der Waals surface area contributed by atoms with E-state index in [0.717, 1.165) is 18.4 Å². The standard InChI is InChI=1S/C14H17F2NO3/c1-14(19,10-4-5-10)12(18)17-8-9-2-6-11(7-3-9)20-13(15)16/h2-3,6-7,10,13,19H,4-5,8H2,1H3,(H,17,18). The van der Waals surface area contributed by atoms with Gasteiger partial charge < -0.3 is 15.2 Å². The molecule has 0 bridgehead atoms. The number of halogens is 2. The molecular formula is C14H17F2NO3. The number of amides is 1. The van der Waals surface area contributed by atoms with Crippen LogP contribution >= 0.6 is 0 Å². The van der Waals surface area contributed by atoms with E-state index in [1.807, 2.05) is 0 Å². The molecule has 2 rings (SSSR count). The maximum Gasteiger partial charge on any atom is 0.387 e. The van der Waals surface area contributed by atoms with Crippen molar-refractivity contribution in [3.63, 3.8) is 0 Å². The fraction of sp³-hybridized carbons (Fsp3) is 0.500. The molecule has 1 aliphatic rings. The third kappa shape index (κ3) is 3.66. The summed E-state index contributed by atoms with van der Waals surface area (Å²) in [5.41, 5.74) is -0.592. The molecular weight excluding hydrogens is 268 g/mol. The molecule has 0 radical (unpaired) electrons. The van der Waals surface area contributed by atoms with E-state index in [4.69, 9.17) is 0 Å². The van der Waals surface area contributed by atoms with E-state index in [1.165, 1.54) is 19.1 Å². The average molecular weight is 285 g/mol. The minimum Gasteiger partial charge on any atom is -0.435 e. The molecule has 110 valence electrons. The van der Waals surface area contributed by atoms with Crippen LogP contribution in [0.5, 0.6) is 5.75 Å². The number of carbonyl (C=O) groups is 1. The third-order valence-electron chi connectivity index (χ3n) is 3.43. The highest BCUT2D eigenvalue weighted by atomic mass is 19.3. The first kappa shape index (κ1) is 14.7. The molecule has 1 fully saturated rings. The Labute approximate surface area is 115 Å². The Bertz CT molecular complexity index is 470. The summed E-state index contributed by atoms with van der Waals surface area (Å²) in [6.45, 7) is -1.11. The first-order chi connectivity index (χ1) is 9.39. The van der Waals surface area contributed by atoms with Crippen molar-refractivity contribution in [3.8, 4) is 5.75 Å². The molecule has 6 heteroatoms. The van der Waals surface area contributed by atoms with Crippen LogP contribution in [-0.4, -0.2) is 23.2 Å². The van der Waals surface area contributed by atoms with Gasteiger partial charge in [-0.25, -0.2) is 0 Å². The Morgan fingerprint density at radius 2 is 2.05 bits per heavy atom. The molecule has 1 aromatic carbocycles. The summed E-state index contributed by atoms with van der Waals surface area (Å²) in [5, 5.41) is 12.7. The van der Waals surface area contributed by atoms with Gasteiger partial charge in [0, 0.05) is 6.54 Å². The van der Waals surface area contributed by atoms with Gasteiger partial charge in [-0.15, -0.1) is 0 Å². The number of nitrogens with one attached hydrogen (secondary N) is 1. The normalized spacial score (nSPS) is 17.6. The van der Waals surface area contributed by atoms with Crippen molar-refractivity contribution in [1.29, 1.82) is 0 Å². The number of ether oxygens (including phenoxy) is 1. The fourth-order valence-corrected chi connectivity index (χ4v) is 1.98. The summed E-state index contributed by atoms with van der Waals surface area (Å²) >= 11 is 0. The Balaban J connectivity index is 1.86. The highest BCUT2D eigenvalue weighted by Crippen LogP contribution is 2.39. The van der Waals surface area contributed by atoms with Crippen LogP contribution in [-0.2, 0) is 11.3 Å². The van der Waals surface area contributed by atoms with Crippen molar-refractivity contribution in [3.05, 3.63) is 29.8 Å². The van der Waals surface area contributed by atoms with Gasteiger partial charge in [-0.3, -0.25) is 4.79 Å². The lowest BCUT2D eigenvalue weighted by molar-refractivity contribution is -0.140. The average Bonchev–Trinajstić information content (AvgIpc) is 3.21. The molecule has 1 atom stereocenters. The van der Waals surface area contributed by atoms with Gasteiger partial charge in [0.25, 0.3) is 5.91 Å². The smallest absolute Gasteiger partial charge is 0.387 e. The largest absolute Gasteiger partial charge is 0.435 e. The number of alkyl halides is 2. The zero-order valence-electron chi connectivity index (χ0n) is 11.1. The maximum atomic E-state index is 12.0. The molecule has 0 saturated heterocycles. The predicted molar refractivity (Wildman–Crippen MR) is 68.3 cm³/mol. The van der Waals surface area contributed by atoms with Crippen LogP contribution in [0, 0.1) is 5.92 Å². The van der Waals surface area contributed by atoms with Gasteiger partial charge in [0.1, 0.15) is 11.4 Å². The van der Waals surface area contributed by atoms with Crippen LogP contribution in [0.4, 0.5) is 8.78 Å². The number of carbonyl (C=O) groups excluding carboxylic acids is 1. The molecule has 0 heterocycles. The van der Waals surface area contributed by atoms with Crippen LogP contribution in [0.1, 0.15) is 25.3 Å². The van der Waals surface area contributed by atoms with Gasteiger partial charge in [0.15, 0.2) is 0 Å². The van der Waals surface area contributed by atoms with E-state index < -0.39 is 18.1 Å². The Morgan fingerprint density at radius 3 is 2.55 bits per heavy atom. The lowest BCUT2D eigenvalue weighted by Crippen LogP contribution is -2.45. The quantitative estimate of drug-likeness (QED) is 0.841. The van der Waals surface area contributed by atoms with Crippen LogP contribution in [0.15, 0.2) is 24.3 Å². The zero-order valence-corrected chi connectivity index (χ0v) is 11.1. The second-order valence-corrected chi connectivity index (χ2v) is 5.13. The van der Waals surface area contributed by atoms with Crippen molar-refractivity contribution in [1.82, 2.24) is 5.32 Å². The molecule has 1 unspecified atom stereocenters. The van der Waals surface area contributed by atoms with E-state index in [0.29, 0.717) is 0 Å². The predicted octanol–water partition coefficient (Wildman–Crippen LogP) is 2.07. The number of aliphatic hydroxyl groups is 1. The fourth-order valence-electron chi connectivity index (χ4n) is 1.98. The summed E-state index contributed by atoms with van der Waals surface area (Å²) in [6.07, 6.45) is 1.72. The summed E-state index contributed by atoms with van der Waals surface area (Å²) in [5.74, 6) is -0.308. The highest BCUT2D eigenvalue weighted by molar-refractivity contribution is 5.85. The molecule has 2 N–H and O–H groups in total. The van der Waals surface area contributed by atoms with Gasteiger partial charge in [-0.1, -0.05) is 12.1 Å². The Hall–Kier alpha value is -1.69. The van der Waals surface area contributed by atoms with Crippen molar-refractivity contribution in [2.75, 3.05) is 0 Å². The molecule has 1 aromatic rings. The van der Waals surface area contributed by atoms with Crippen LogP contribution < -0.4 is 10.1 Å². The zero-order chi connectivity index (χ0) is 14.8. The van der Waals surface area contributed by atoms with E-state index in [9.17, 15) is 18.7 Å². The van der Waals surface area contributed by atoms with E-state index >= 15 is 0 Å². The summed E-state index contributed by atoms with van der Waals surface area (Å²) < 4.78 is 28.2. The van der Waals surface area contributed by atoms with Crippen LogP contribution in [0.25, 0.3) is 0 Å². The van der Waals surface area contributed by atoms with E-state index in [2.05, 4.69) is 10.1 Å². The number of hydrogen-bond donors (Lipinski definition) is 2. The third-order valence-corrected chi connectivity index (χ3v) is 3.43. The molecule has 20 heavy (non-hydrogen) atoms. The highest BCUT2D eigenvalue weighted by Gasteiger charge is 2.45. The van der Waals surface area contributed by atoms with Crippen molar-refractivity contribution < 1.29 is 23.4 Å². The van der Waals surface area contributed by atoms with Gasteiger partial charge in [-0.05, 0) is 43.4 Å². The number of benzene rings is 1. The molecule has 0 aromatic heterocycles. The number of rotatable bonds is 6. The molecule has 1 aliphatic carbocycles. The van der Waals surface area contributed by atoms with E-state index in [1.54, 1.807) is 12.1 Å². The van der Waals surface area contributed by atoms with E-state index in [-0.39, 0.29) is 18.2 Å². The van der Waals surface area contributed by atoms with Crippen LogP contribution in [0.3, 0.4) is 0 Å². The Kier molecular flexibility index (Phi) is 4.23. The maximum absolute atomic E-state index is 12.0. The van der Waals surface area contributed by atoms with Gasteiger partial charge in [0.2, 0.25) is 0 Å². The topological polar surface area (TPSA) is 58.6 Å². The second-order valence-electron chi connectivity index (χ2n) is 5.13. The molecule has 0 spiro atoms. The first-order valence-electron chi connectivity index (χ1n) is 6.44. The Morgan fingerprint density at radius 1 is 1.45 bits per heavy atom. The number of hydrogen-bond acceptors (Lipinski definition) is 3. The lowest BCUT2D eigenvalue weighted by atomic mass is 9.99. The van der Waals surface area contributed by atoms with Gasteiger partial charge >= 0.3 is 6.61 Å². The molecule has 1 saturated carbocycles.